The van der Waals surface area contributed by atoms with E-state index in [2.05, 4.69) is 23.9 Å². The topological polar surface area (TPSA) is 123 Å². The molecule has 0 fully saturated rings. The molecule has 0 heterocycles. The molecule has 0 aliphatic rings. The average Bonchev–Trinajstić information content (AvgIpc) is 2.80. The Morgan fingerprint density at radius 1 is 0.515 bits per heavy atom. The van der Waals surface area contributed by atoms with Gasteiger partial charge in [0, 0.05) is 18.1 Å². The van der Waals surface area contributed by atoms with Crippen LogP contribution in [-0.4, -0.2) is 112 Å². The van der Waals surface area contributed by atoms with Gasteiger partial charge in [-0.05, 0) is 24.3 Å². The van der Waals surface area contributed by atoms with Crippen LogP contribution in [0.3, 0.4) is 0 Å². The third-order valence-corrected chi connectivity index (χ3v) is 4.07. The van der Waals surface area contributed by atoms with E-state index in [4.69, 9.17) is 43.4 Å². The molecule has 0 radical (unpaired) electrons. The number of hydrogen-bond acceptors (Lipinski definition) is 9. The Bertz CT molecular complexity index is 426. The highest BCUT2D eigenvalue weighted by atomic mass is 16.6. The smallest absolute Gasteiger partial charge is 0.0701 e. The van der Waals surface area contributed by atoms with Gasteiger partial charge in [0.15, 0.2) is 0 Å². The molecule has 0 rings (SSSR count). The van der Waals surface area contributed by atoms with Crippen molar-refractivity contribution in [2.75, 3.05) is 112 Å². The fraction of sp³-hybridized carbons (Fsp3) is 1.00. The second-order valence-electron chi connectivity index (χ2n) is 7.39. The lowest BCUT2D eigenvalue weighted by molar-refractivity contribution is -0.0230. The van der Waals surface area contributed by atoms with E-state index in [0.717, 1.165) is 18.9 Å². The SMILES string of the molecule is CC(C)CCCOCCOCCOCCOCCOCCOCCOCCOCCN=[N+]=[N-]. The van der Waals surface area contributed by atoms with Gasteiger partial charge in [-0.15, -0.1) is 0 Å². The minimum atomic E-state index is 0.337. The van der Waals surface area contributed by atoms with Gasteiger partial charge in [0.05, 0.1) is 99.1 Å². The Balaban J connectivity index is 3.02. The summed E-state index contributed by atoms with van der Waals surface area (Å²) in [6, 6.07) is 0. The summed E-state index contributed by atoms with van der Waals surface area (Å²) in [4.78, 5) is 2.64. The molecule has 0 aromatic rings. The first-order chi connectivity index (χ1) is 16.3. The molecule has 0 aliphatic carbocycles. The number of hydrogen-bond donors (Lipinski definition) is 0. The van der Waals surface area contributed by atoms with Gasteiger partial charge in [0.1, 0.15) is 0 Å². The number of nitrogens with zero attached hydrogens (tertiary/aromatic N) is 3. The highest BCUT2D eigenvalue weighted by molar-refractivity contribution is 4.45. The monoisotopic (exact) mass is 479 g/mol. The van der Waals surface area contributed by atoms with Crippen LogP contribution in [0.1, 0.15) is 26.7 Å². The summed E-state index contributed by atoms with van der Waals surface area (Å²) >= 11 is 0. The van der Waals surface area contributed by atoms with Gasteiger partial charge in [-0.1, -0.05) is 19.0 Å². The Morgan fingerprint density at radius 2 is 0.818 bits per heavy atom. The van der Waals surface area contributed by atoms with Gasteiger partial charge in [-0.25, -0.2) is 0 Å². The molecular weight excluding hydrogens is 434 g/mol. The molecule has 0 spiro atoms. The second-order valence-corrected chi connectivity index (χ2v) is 7.39. The molecule has 0 aromatic carbocycles. The van der Waals surface area contributed by atoms with Crippen LogP contribution in [0, 0.1) is 5.92 Å². The molecule has 0 atom stereocenters. The van der Waals surface area contributed by atoms with Crippen molar-refractivity contribution in [3.63, 3.8) is 0 Å². The van der Waals surface area contributed by atoms with Crippen LogP contribution in [0.15, 0.2) is 5.11 Å². The predicted molar refractivity (Wildman–Crippen MR) is 125 cm³/mol. The minimum Gasteiger partial charge on any atom is -0.379 e. The average molecular weight is 480 g/mol. The van der Waals surface area contributed by atoms with Gasteiger partial charge in [0.2, 0.25) is 0 Å². The van der Waals surface area contributed by atoms with Crippen molar-refractivity contribution in [3.05, 3.63) is 10.4 Å². The standard InChI is InChI=1S/C22H45N3O8/c1-22(2)4-3-6-26-8-10-28-12-14-30-16-18-32-20-21-33-19-17-31-15-13-29-11-9-27-7-5-24-25-23/h22H,3-21H2,1-2H3. The first-order valence-corrected chi connectivity index (χ1v) is 11.9. The van der Waals surface area contributed by atoms with E-state index in [9.17, 15) is 0 Å². The number of rotatable bonds is 28. The third kappa shape index (κ3) is 31.0. The summed E-state index contributed by atoms with van der Waals surface area (Å²) in [6.07, 6.45) is 2.31. The van der Waals surface area contributed by atoms with Crippen molar-refractivity contribution in [2.45, 2.75) is 26.7 Å². The normalized spacial score (nSPS) is 11.2. The zero-order valence-electron chi connectivity index (χ0n) is 20.6. The van der Waals surface area contributed by atoms with Crippen LogP contribution in [0.5, 0.6) is 0 Å². The van der Waals surface area contributed by atoms with E-state index in [-0.39, 0.29) is 0 Å². The van der Waals surface area contributed by atoms with Crippen LogP contribution in [-0.2, 0) is 37.9 Å². The van der Waals surface area contributed by atoms with Crippen molar-refractivity contribution in [1.29, 1.82) is 0 Å². The van der Waals surface area contributed by atoms with E-state index >= 15 is 0 Å². The van der Waals surface area contributed by atoms with Crippen molar-refractivity contribution >= 4 is 0 Å². The maximum absolute atomic E-state index is 8.11. The Labute approximate surface area is 198 Å². The van der Waals surface area contributed by atoms with Gasteiger partial charge in [-0.2, -0.15) is 0 Å². The summed E-state index contributed by atoms with van der Waals surface area (Å²) in [5.74, 6) is 0.733. The summed E-state index contributed by atoms with van der Waals surface area (Å²) in [5.41, 5.74) is 8.11. The van der Waals surface area contributed by atoms with E-state index < -0.39 is 0 Å². The van der Waals surface area contributed by atoms with E-state index in [1.165, 1.54) is 6.42 Å². The minimum absolute atomic E-state index is 0.337. The molecule has 0 bridgehead atoms. The summed E-state index contributed by atoms with van der Waals surface area (Å²) in [6.45, 7) is 13.5. The first kappa shape index (κ1) is 32.0. The summed E-state index contributed by atoms with van der Waals surface area (Å²) in [7, 11) is 0. The lowest BCUT2D eigenvalue weighted by Crippen LogP contribution is -2.15. The first-order valence-electron chi connectivity index (χ1n) is 11.9. The molecule has 196 valence electrons. The van der Waals surface area contributed by atoms with Gasteiger partial charge >= 0.3 is 0 Å². The second kappa shape index (κ2) is 29.0. The fourth-order valence-corrected chi connectivity index (χ4v) is 2.39. The lowest BCUT2D eigenvalue weighted by atomic mass is 10.1. The molecule has 11 nitrogen and oxygen atoms in total. The van der Waals surface area contributed by atoms with Crippen molar-refractivity contribution in [1.82, 2.24) is 0 Å². The van der Waals surface area contributed by atoms with E-state index in [1.807, 2.05) is 0 Å². The van der Waals surface area contributed by atoms with Gasteiger partial charge < -0.3 is 37.9 Å². The van der Waals surface area contributed by atoms with Crippen molar-refractivity contribution < 1.29 is 37.9 Å². The predicted octanol–water partition coefficient (Wildman–Crippen LogP) is 2.87. The third-order valence-electron chi connectivity index (χ3n) is 4.07. The van der Waals surface area contributed by atoms with Crippen LogP contribution in [0.4, 0.5) is 0 Å². The quantitative estimate of drug-likeness (QED) is 0.0726. The van der Waals surface area contributed by atoms with Crippen LogP contribution >= 0.6 is 0 Å². The highest BCUT2D eigenvalue weighted by Gasteiger charge is 1.96. The van der Waals surface area contributed by atoms with Crippen LogP contribution in [0.2, 0.25) is 0 Å². The van der Waals surface area contributed by atoms with Crippen molar-refractivity contribution in [3.8, 4) is 0 Å². The maximum atomic E-state index is 8.11. The van der Waals surface area contributed by atoms with Gasteiger partial charge in [-0.3, -0.25) is 0 Å². The zero-order chi connectivity index (χ0) is 24.1. The number of ether oxygens (including phenoxy) is 8. The molecule has 0 aliphatic heterocycles. The lowest BCUT2D eigenvalue weighted by Gasteiger charge is -2.09. The molecule has 0 saturated carbocycles. The van der Waals surface area contributed by atoms with Crippen LogP contribution < -0.4 is 0 Å². The largest absolute Gasteiger partial charge is 0.379 e. The molecule has 0 N–H and O–H groups in total. The summed E-state index contributed by atoms with van der Waals surface area (Å²) < 4.78 is 43.2. The highest BCUT2D eigenvalue weighted by Crippen LogP contribution is 2.02. The van der Waals surface area contributed by atoms with E-state index in [1.54, 1.807) is 0 Å². The molecule has 0 aromatic heterocycles. The summed E-state index contributed by atoms with van der Waals surface area (Å²) in [5, 5.41) is 3.37. The molecule has 33 heavy (non-hydrogen) atoms. The maximum Gasteiger partial charge on any atom is 0.0701 e. The van der Waals surface area contributed by atoms with Crippen molar-refractivity contribution in [2.24, 2.45) is 11.0 Å². The number of azide groups is 1. The molecule has 0 amide bonds. The Morgan fingerprint density at radius 3 is 1.12 bits per heavy atom. The van der Waals surface area contributed by atoms with Crippen LogP contribution in [0.25, 0.3) is 10.4 Å². The molecule has 11 heteroatoms. The molecular formula is C22H45N3O8. The Kier molecular flexibility index (Phi) is 28.1. The molecule has 0 unspecified atom stereocenters. The van der Waals surface area contributed by atoms with E-state index in [0.29, 0.717) is 106 Å². The Hall–Kier alpha value is -1.01. The van der Waals surface area contributed by atoms with Gasteiger partial charge in [0.25, 0.3) is 0 Å². The fourth-order valence-electron chi connectivity index (χ4n) is 2.39. The zero-order valence-corrected chi connectivity index (χ0v) is 20.6. The molecule has 0 saturated heterocycles.